The van der Waals surface area contributed by atoms with Crippen LogP contribution in [0.25, 0.3) is 10.9 Å². The lowest BCUT2D eigenvalue weighted by Crippen LogP contribution is -2.51. The Bertz CT molecular complexity index is 1080. The number of amides is 2. The number of piperidine rings is 1. The summed E-state index contributed by atoms with van der Waals surface area (Å²) < 4.78 is 11.8. The first-order valence-corrected chi connectivity index (χ1v) is 11.0. The number of aromatic nitrogens is 1. The van der Waals surface area contributed by atoms with Crippen LogP contribution in [0.1, 0.15) is 42.6 Å². The molecule has 1 aromatic heterocycles. The van der Waals surface area contributed by atoms with E-state index in [4.69, 9.17) is 9.47 Å². The summed E-state index contributed by atoms with van der Waals surface area (Å²) in [7, 11) is 1.70. The molecule has 6 nitrogen and oxygen atoms in total. The van der Waals surface area contributed by atoms with E-state index in [2.05, 4.69) is 22.4 Å². The Balaban J connectivity index is 1.32. The highest BCUT2D eigenvalue weighted by Gasteiger charge is 2.43. The third-order valence-corrected chi connectivity index (χ3v) is 6.80. The maximum atomic E-state index is 12.9. The van der Waals surface area contributed by atoms with Gasteiger partial charge in [-0.1, -0.05) is 30.3 Å². The largest absolute Gasteiger partial charge is 0.497 e. The number of benzene rings is 2. The number of carbonyl (C=O) groups excluding carboxylic acids is 1. The van der Waals surface area contributed by atoms with Crippen LogP contribution in [0.5, 0.6) is 5.75 Å². The van der Waals surface area contributed by atoms with Crippen LogP contribution in [-0.4, -0.2) is 42.7 Å². The van der Waals surface area contributed by atoms with Crippen LogP contribution in [0.4, 0.5) is 4.79 Å². The van der Waals surface area contributed by atoms with E-state index in [9.17, 15) is 4.79 Å². The number of nitrogens with one attached hydrogen (secondary N) is 2. The fourth-order valence-corrected chi connectivity index (χ4v) is 4.99. The zero-order valence-corrected chi connectivity index (χ0v) is 18.1. The smallest absolute Gasteiger partial charge is 0.317 e. The summed E-state index contributed by atoms with van der Waals surface area (Å²) in [5.41, 5.74) is 4.39. The van der Waals surface area contributed by atoms with Gasteiger partial charge in [0, 0.05) is 24.0 Å². The number of carbonyl (C=O) groups is 1. The van der Waals surface area contributed by atoms with Gasteiger partial charge in [-0.15, -0.1) is 0 Å². The topological polar surface area (TPSA) is 66.6 Å². The Morgan fingerprint density at radius 3 is 2.71 bits per heavy atom. The SMILES string of the molecule is COc1ccc2[nH]c3c(c2c1)CCOC31CCN(C(=O)N[C@@H](C)c2ccccc2)CC1. The molecule has 6 heteroatoms. The van der Waals surface area contributed by atoms with Gasteiger partial charge in [-0.2, -0.15) is 0 Å². The minimum absolute atomic E-state index is 0.0105. The van der Waals surface area contributed by atoms with E-state index < -0.39 is 0 Å². The number of hydrogen-bond donors (Lipinski definition) is 2. The Labute approximate surface area is 182 Å². The van der Waals surface area contributed by atoms with E-state index in [1.807, 2.05) is 48.2 Å². The third-order valence-electron chi connectivity index (χ3n) is 6.80. The van der Waals surface area contributed by atoms with Crippen LogP contribution in [-0.2, 0) is 16.8 Å². The maximum Gasteiger partial charge on any atom is 0.317 e. The number of nitrogens with zero attached hydrogens (tertiary/aromatic N) is 1. The van der Waals surface area contributed by atoms with Crippen LogP contribution >= 0.6 is 0 Å². The fraction of sp³-hybridized carbons (Fsp3) is 0.400. The highest BCUT2D eigenvalue weighted by atomic mass is 16.5. The second-order valence-corrected chi connectivity index (χ2v) is 8.55. The van der Waals surface area contributed by atoms with E-state index in [-0.39, 0.29) is 17.7 Å². The Hall–Kier alpha value is -2.99. The molecular weight excluding hydrogens is 390 g/mol. The quantitative estimate of drug-likeness (QED) is 0.656. The Kier molecular flexibility index (Phi) is 5.10. The third kappa shape index (κ3) is 3.55. The van der Waals surface area contributed by atoms with Crippen molar-refractivity contribution in [3.05, 3.63) is 65.4 Å². The fourth-order valence-electron chi connectivity index (χ4n) is 4.99. The van der Waals surface area contributed by atoms with Crippen molar-refractivity contribution in [1.82, 2.24) is 15.2 Å². The number of aromatic amines is 1. The Morgan fingerprint density at radius 1 is 1.19 bits per heavy atom. The van der Waals surface area contributed by atoms with Crippen molar-refractivity contribution in [2.45, 2.75) is 37.8 Å². The number of likely N-dealkylation sites (tertiary alicyclic amines) is 1. The predicted molar refractivity (Wildman–Crippen MR) is 120 cm³/mol. The standard InChI is InChI=1S/C25H29N3O3/c1-17(18-6-4-3-5-7-18)26-24(29)28-13-11-25(12-14-28)23-20(10-15-31-25)21-16-19(30-2)8-9-22(21)27-23/h3-9,16-17,27H,10-15H2,1-2H3,(H,26,29)/t17-/m0/s1. The molecule has 162 valence electrons. The van der Waals surface area contributed by atoms with E-state index in [0.717, 1.165) is 36.1 Å². The van der Waals surface area contributed by atoms with E-state index in [1.165, 1.54) is 16.6 Å². The number of urea groups is 1. The van der Waals surface area contributed by atoms with Crippen LogP contribution in [0.15, 0.2) is 48.5 Å². The lowest BCUT2D eigenvalue weighted by atomic mass is 9.83. The molecule has 1 atom stereocenters. The molecule has 2 aliphatic heterocycles. The first-order chi connectivity index (χ1) is 15.1. The van der Waals surface area contributed by atoms with Gasteiger partial charge < -0.3 is 24.7 Å². The molecular formula is C25H29N3O3. The van der Waals surface area contributed by atoms with Gasteiger partial charge in [0.15, 0.2) is 0 Å². The average Bonchev–Trinajstić information content (AvgIpc) is 3.19. The van der Waals surface area contributed by atoms with Gasteiger partial charge in [0.25, 0.3) is 0 Å². The molecule has 3 heterocycles. The Morgan fingerprint density at radius 2 is 1.97 bits per heavy atom. The molecule has 2 aliphatic rings. The summed E-state index contributed by atoms with van der Waals surface area (Å²) in [5, 5.41) is 4.35. The number of rotatable bonds is 3. The van der Waals surface area contributed by atoms with Gasteiger partial charge in [0.05, 0.1) is 25.5 Å². The van der Waals surface area contributed by atoms with E-state index >= 15 is 0 Å². The van der Waals surface area contributed by atoms with Crippen LogP contribution in [0, 0.1) is 0 Å². The summed E-state index contributed by atoms with van der Waals surface area (Å²) >= 11 is 0. The minimum atomic E-state index is -0.346. The molecule has 2 amide bonds. The zero-order chi connectivity index (χ0) is 21.4. The van der Waals surface area contributed by atoms with Crippen molar-refractivity contribution in [3.63, 3.8) is 0 Å². The van der Waals surface area contributed by atoms with Crippen LogP contribution < -0.4 is 10.1 Å². The summed E-state index contributed by atoms with van der Waals surface area (Å²) in [6, 6.07) is 16.2. The normalized spacial score (nSPS) is 18.6. The second kappa shape index (κ2) is 7.93. The first-order valence-electron chi connectivity index (χ1n) is 11.0. The molecule has 31 heavy (non-hydrogen) atoms. The highest BCUT2D eigenvalue weighted by molar-refractivity contribution is 5.86. The van der Waals surface area contributed by atoms with Gasteiger partial charge in [-0.25, -0.2) is 4.79 Å². The van der Waals surface area contributed by atoms with Gasteiger partial charge in [0.2, 0.25) is 0 Å². The molecule has 0 unspecified atom stereocenters. The molecule has 2 N–H and O–H groups in total. The lowest BCUT2D eigenvalue weighted by molar-refractivity contribution is -0.0949. The molecule has 0 bridgehead atoms. The summed E-state index contributed by atoms with van der Waals surface area (Å²) in [6.07, 6.45) is 2.47. The molecule has 1 saturated heterocycles. The summed E-state index contributed by atoms with van der Waals surface area (Å²) in [4.78, 5) is 18.4. The van der Waals surface area contributed by atoms with E-state index in [1.54, 1.807) is 7.11 Å². The molecule has 1 fully saturated rings. The minimum Gasteiger partial charge on any atom is -0.497 e. The monoisotopic (exact) mass is 419 g/mol. The second-order valence-electron chi connectivity index (χ2n) is 8.55. The van der Waals surface area contributed by atoms with Crippen molar-refractivity contribution in [3.8, 4) is 5.75 Å². The molecule has 0 radical (unpaired) electrons. The van der Waals surface area contributed by atoms with Gasteiger partial charge >= 0.3 is 6.03 Å². The van der Waals surface area contributed by atoms with Gasteiger partial charge in [-0.3, -0.25) is 0 Å². The van der Waals surface area contributed by atoms with Crippen LogP contribution in [0.3, 0.4) is 0 Å². The molecule has 0 saturated carbocycles. The molecule has 2 aromatic carbocycles. The van der Waals surface area contributed by atoms with Gasteiger partial charge in [-0.05, 0) is 55.5 Å². The van der Waals surface area contributed by atoms with Crippen molar-refractivity contribution < 1.29 is 14.3 Å². The zero-order valence-electron chi connectivity index (χ0n) is 18.1. The molecule has 5 rings (SSSR count). The molecule has 3 aromatic rings. The summed E-state index contributed by atoms with van der Waals surface area (Å²) in [5.74, 6) is 0.869. The number of hydrogen-bond acceptors (Lipinski definition) is 3. The molecule has 0 aliphatic carbocycles. The van der Waals surface area contributed by atoms with Crippen molar-refractivity contribution in [2.75, 3.05) is 26.8 Å². The average molecular weight is 420 g/mol. The number of ether oxygens (including phenoxy) is 2. The van der Waals surface area contributed by atoms with Crippen molar-refractivity contribution >= 4 is 16.9 Å². The van der Waals surface area contributed by atoms with Crippen LogP contribution in [0.2, 0.25) is 0 Å². The number of methoxy groups -OCH3 is 1. The summed E-state index contributed by atoms with van der Waals surface area (Å²) in [6.45, 7) is 4.07. The van der Waals surface area contributed by atoms with Crippen molar-refractivity contribution in [1.29, 1.82) is 0 Å². The molecule has 1 spiro atoms. The lowest BCUT2D eigenvalue weighted by Gasteiger charge is -2.43. The first kappa shape index (κ1) is 19.9. The van der Waals surface area contributed by atoms with Crippen molar-refractivity contribution in [2.24, 2.45) is 0 Å². The van der Waals surface area contributed by atoms with E-state index in [0.29, 0.717) is 19.7 Å². The number of H-pyrrole nitrogens is 1. The maximum absolute atomic E-state index is 12.9. The predicted octanol–water partition coefficient (Wildman–Crippen LogP) is 4.51. The highest BCUT2D eigenvalue weighted by Crippen LogP contribution is 2.44. The van der Waals surface area contributed by atoms with Gasteiger partial charge in [0.1, 0.15) is 11.4 Å². The number of fused-ring (bicyclic) bond motifs is 4.